The van der Waals surface area contributed by atoms with Crippen molar-refractivity contribution in [3.05, 3.63) is 75.8 Å². The fourth-order valence-corrected chi connectivity index (χ4v) is 2.52. The summed E-state index contributed by atoms with van der Waals surface area (Å²) >= 11 is 3.44. The van der Waals surface area contributed by atoms with Crippen molar-refractivity contribution < 1.29 is 4.73 Å². The van der Waals surface area contributed by atoms with Crippen LogP contribution < -0.4 is 10.0 Å². The third kappa shape index (κ3) is 4.08. The minimum atomic E-state index is 0.598. The average molecular weight is 385 g/mol. The van der Waals surface area contributed by atoms with Crippen LogP contribution in [0.3, 0.4) is 0 Å². The Labute approximate surface area is 149 Å². The topological polar surface area (TPSA) is 64.8 Å². The Morgan fingerprint density at radius 2 is 1.79 bits per heavy atom. The number of nitrogens with zero attached hydrogens (tertiary/aromatic N) is 3. The van der Waals surface area contributed by atoms with Crippen molar-refractivity contribution >= 4 is 21.7 Å². The van der Waals surface area contributed by atoms with Crippen molar-refractivity contribution in [1.29, 1.82) is 0 Å². The Morgan fingerprint density at radius 3 is 2.46 bits per heavy atom. The van der Waals surface area contributed by atoms with Crippen LogP contribution in [0, 0.1) is 5.21 Å². The Bertz CT molecular complexity index is 819. The Morgan fingerprint density at radius 1 is 1.08 bits per heavy atom. The summed E-state index contributed by atoms with van der Waals surface area (Å²) in [5, 5.41) is 14.4. The lowest BCUT2D eigenvalue weighted by atomic mass is 10.2. The summed E-state index contributed by atoms with van der Waals surface area (Å²) in [5.41, 5.74) is 2.98. The first kappa shape index (κ1) is 16.4. The lowest BCUT2D eigenvalue weighted by Gasteiger charge is -2.10. The molecule has 1 N–H and O–H groups in total. The lowest BCUT2D eigenvalue weighted by Crippen LogP contribution is -2.24. The first-order valence-corrected chi connectivity index (χ1v) is 8.49. The average Bonchev–Trinajstić information content (AvgIpc) is 2.61. The quantitative estimate of drug-likeness (QED) is 0.537. The first-order chi connectivity index (χ1) is 11.6. The van der Waals surface area contributed by atoms with Crippen LogP contribution in [0.25, 0.3) is 11.4 Å². The summed E-state index contributed by atoms with van der Waals surface area (Å²) in [6.07, 6.45) is 3.81. The van der Waals surface area contributed by atoms with Crippen molar-refractivity contribution in [1.82, 2.24) is 9.97 Å². The molecule has 3 rings (SSSR count). The molecule has 0 saturated carbocycles. The van der Waals surface area contributed by atoms with Crippen molar-refractivity contribution in [2.45, 2.75) is 19.9 Å². The van der Waals surface area contributed by atoms with E-state index in [-0.39, 0.29) is 0 Å². The third-order valence-electron chi connectivity index (χ3n) is 3.59. The molecular weight excluding hydrogens is 368 g/mol. The summed E-state index contributed by atoms with van der Waals surface area (Å²) in [6, 6.07) is 13.5. The molecule has 1 aromatic carbocycles. The Hall–Kier alpha value is -2.47. The zero-order valence-corrected chi connectivity index (χ0v) is 14.8. The largest absolute Gasteiger partial charge is 0.619 e. The monoisotopic (exact) mass is 384 g/mol. The van der Waals surface area contributed by atoms with E-state index in [4.69, 9.17) is 0 Å². The molecule has 122 valence electrons. The molecule has 0 aliphatic rings. The second kappa shape index (κ2) is 7.40. The van der Waals surface area contributed by atoms with Gasteiger partial charge in [-0.3, -0.25) is 0 Å². The highest BCUT2D eigenvalue weighted by atomic mass is 79.9. The van der Waals surface area contributed by atoms with Crippen molar-refractivity contribution in [3.63, 3.8) is 0 Å². The van der Waals surface area contributed by atoms with Gasteiger partial charge in [0, 0.05) is 40.5 Å². The van der Waals surface area contributed by atoms with Gasteiger partial charge in [0.2, 0.25) is 0 Å². The van der Waals surface area contributed by atoms with E-state index in [2.05, 4.69) is 38.1 Å². The minimum Gasteiger partial charge on any atom is -0.619 e. The molecular formula is C18H17BrN4O. The standard InChI is InChI=1S/C18H17BrN4O/c1-2-16-11-17(20-12-13-7-9-23(24)10-8-13)22-18(21-16)14-3-5-15(19)6-4-14/h3-11H,2,12H2,1H3,(H,20,21,22). The van der Waals surface area contributed by atoms with Crippen LogP contribution in [0.1, 0.15) is 18.2 Å². The van der Waals surface area contributed by atoms with E-state index in [1.165, 1.54) is 12.4 Å². The van der Waals surface area contributed by atoms with Gasteiger partial charge in [-0.05, 0) is 24.1 Å². The number of aryl methyl sites for hydroxylation is 1. The molecule has 0 amide bonds. The molecule has 0 fully saturated rings. The molecule has 3 aromatic rings. The smallest absolute Gasteiger partial charge is 0.180 e. The van der Waals surface area contributed by atoms with Gasteiger partial charge in [0.05, 0.1) is 0 Å². The van der Waals surface area contributed by atoms with E-state index in [9.17, 15) is 5.21 Å². The van der Waals surface area contributed by atoms with Gasteiger partial charge in [0.25, 0.3) is 0 Å². The molecule has 2 heterocycles. The summed E-state index contributed by atoms with van der Waals surface area (Å²) in [5.74, 6) is 1.48. The van der Waals surface area contributed by atoms with Gasteiger partial charge in [-0.2, -0.15) is 4.73 Å². The molecule has 2 aromatic heterocycles. The second-order valence-corrected chi connectivity index (χ2v) is 6.26. The van der Waals surface area contributed by atoms with Gasteiger partial charge >= 0.3 is 0 Å². The number of anilines is 1. The highest BCUT2D eigenvalue weighted by Crippen LogP contribution is 2.21. The van der Waals surface area contributed by atoms with Crippen LogP contribution >= 0.6 is 15.9 Å². The van der Waals surface area contributed by atoms with E-state index < -0.39 is 0 Å². The maximum atomic E-state index is 11.1. The van der Waals surface area contributed by atoms with Crippen LogP contribution in [-0.4, -0.2) is 9.97 Å². The number of aromatic nitrogens is 3. The molecule has 0 aliphatic heterocycles. The minimum absolute atomic E-state index is 0.598. The van der Waals surface area contributed by atoms with E-state index >= 15 is 0 Å². The van der Waals surface area contributed by atoms with Crippen LogP contribution in [0.15, 0.2) is 59.3 Å². The zero-order chi connectivity index (χ0) is 16.9. The molecule has 0 bridgehead atoms. The van der Waals surface area contributed by atoms with Crippen molar-refractivity contribution in [2.75, 3.05) is 5.32 Å². The predicted molar refractivity (Wildman–Crippen MR) is 97.3 cm³/mol. The maximum absolute atomic E-state index is 11.1. The molecule has 0 aliphatic carbocycles. The van der Waals surface area contributed by atoms with E-state index in [0.29, 0.717) is 12.4 Å². The Kier molecular flexibility index (Phi) is 5.05. The fourth-order valence-electron chi connectivity index (χ4n) is 2.25. The van der Waals surface area contributed by atoms with Gasteiger partial charge in [-0.25, -0.2) is 9.97 Å². The van der Waals surface area contributed by atoms with E-state index in [1.54, 1.807) is 12.1 Å². The Balaban J connectivity index is 1.83. The van der Waals surface area contributed by atoms with Crippen LogP contribution in [-0.2, 0) is 13.0 Å². The van der Waals surface area contributed by atoms with Gasteiger partial charge < -0.3 is 10.5 Å². The van der Waals surface area contributed by atoms with Gasteiger partial charge in [0.15, 0.2) is 18.2 Å². The molecule has 0 unspecified atom stereocenters. The summed E-state index contributed by atoms with van der Waals surface area (Å²) in [7, 11) is 0. The molecule has 0 saturated heterocycles. The molecule has 6 heteroatoms. The SMILES string of the molecule is CCc1cc(NCc2cc[n+]([O-])cc2)nc(-c2ccc(Br)cc2)n1. The van der Waals surface area contributed by atoms with Crippen LogP contribution in [0.2, 0.25) is 0 Å². The zero-order valence-electron chi connectivity index (χ0n) is 13.2. The number of pyridine rings is 1. The van der Waals surface area contributed by atoms with Gasteiger partial charge in [-0.1, -0.05) is 35.0 Å². The third-order valence-corrected chi connectivity index (χ3v) is 4.12. The highest BCUT2D eigenvalue weighted by Gasteiger charge is 2.07. The maximum Gasteiger partial charge on any atom is 0.180 e. The number of hydrogen-bond acceptors (Lipinski definition) is 4. The van der Waals surface area contributed by atoms with Crippen molar-refractivity contribution in [3.8, 4) is 11.4 Å². The van der Waals surface area contributed by atoms with Gasteiger partial charge in [-0.15, -0.1) is 0 Å². The molecule has 24 heavy (non-hydrogen) atoms. The molecule has 0 radical (unpaired) electrons. The second-order valence-electron chi connectivity index (χ2n) is 5.35. The lowest BCUT2D eigenvalue weighted by molar-refractivity contribution is -0.605. The number of nitrogens with one attached hydrogen (secondary N) is 1. The summed E-state index contributed by atoms with van der Waals surface area (Å²) in [6.45, 7) is 2.67. The van der Waals surface area contributed by atoms with Crippen LogP contribution in [0.5, 0.6) is 0 Å². The fraction of sp³-hybridized carbons (Fsp3) is 0.167. The van der Waals surface area contributed by atoms with Gasteiger partial charge in [0.1, 0.15) is 5.82 Å². The number of halogens is 1. The summed E-state index contributed by atoms with van der Waals surface area (Å²) in [4.78, 5) is 9.22. The van der Waals surface area contributed by atoms with E-state index in [1.807, 2.05) is 30.3 Å². The first-order valence-electron chi connectivity index (χ1n) is 7.69. The normalized spacial score (nSPS) is 10.6. The van der Waals surface area contributed by atoms with Crippen molar-refractivity contribution in [2.24, 2.45) is 0 Å². The number of hydrogen-bond donors (Lipinski definition) is 1. The number of benzene rings is 1. The highest BCUT2D eigenvalue weighted by molar-refractivity contribution is 9.10. The molecule has 0 atom stereocenters. The number of rotatable bonds is 5. The molecule has 0 spiro atoms. The predicted octanol–water partition coefficient (Wildman–Crippen LogP) is 3.71. The summed E-state index contributed by atoms with van der Waals surface area (Å²) < 4.78 is 1.80. The van der Waals surface area contributed by atoms with E-state index in [0.717, 1.165) is 38.3 Å². The molecule has 5 nitrogen and oxygen atoms in total. The van der Waals surface area contributed by atoms with Crippen LogP contribution in [0.4, 0.5) is 5.82 Å².